The Bertz CT molecular complexity index is 474. The third kappa shape index (κ3) is 4.91. The van der Waals surface area contributed by atoms with Gasteiger partial charge in [0.25, 0.3) is 5.91 Å². The average Bonchev–Trinajstić information content (AvgIpc) is 2.37. The summed E-state index contributed by atoms with van der Waals surface area (Å²) in [4.78, 5) is 22.8. The number of hydrogen-bond donors (Lipinski definition) is 2. The van der Waals surface area contributed by atoms with Crippen LogP contribution in [0.1, 0.15) is 29.6 Å². The summed E-state index contributed by atoms with van der Waals surface area (Å²) in [5.41, 5.74) is 0.106. The molecule has 1 rings (SSSR count). The Morgan fingerprint density at radius 2 is 2.21 bits per heavy atom. The van der Waals surface area contributed by atoms with Crippen molar-refractivity contribution in [2.24, 2.45) is 0 Å². The van der Waals surface area contributed by atoms with E-state index in [1.165, 1.54) is 18.2 Å². The van der Waals surface area contributed by atoms with Crippen molar-refractivity contribution < 1.29 is 19.1 Å². The number of rotatable bonds is 7. The van der Waals surface area contributed by atoms with E-state index in [-0.39, 0.29) is 5.56 Å². The van der Waals surface area contributed by atoms with Crippen LogP contribution in [0.4, 0.5) is 4.39 Å². The molecule has 0 bridgehead atoms. The Kier molecular flexibility index (Phi) is 5.73. The van der Waals surface area contributed by atoms with Crippen molar-refractivity contribution in [1.82, 2.24) is 5.32 Å². The molecule has 0 fully saturated rings. The number of aliphatic carboxylic acids is 1. The number of carbonyl (C=O) groups is 2. The summed E-state index contributed by atoms with van der Waals surface area (Å²) in [5.74, 6) is -2.23. The minimum absolute atomic E-state index is 0.106. The Morgan fingerprint density at radius 3 is 2.79 bits per heavy atom. The monoisotopic (exact) mass is 265 g/mol. The molecule has 0 unspecified atom stereocenters. The Labute approximate surface area is 110 Å². The summed E-state index contributed by atoms with van der Waals surface area (Å²) in [5, 5.41) is 11.4. The molecule has 1 atom stereocenters. The maximum Gasteiger partial charge on any atom is 0.326 e. The maximum absolute atomic E-state index is 13.0. The van der Waals surface area contributed by atoms with Gasteiger partial charge in [-0.25, -0.2) is 9.18 Å². The molecule has 1 aromatic rings. The number of allylic oxidation sites excluding steroid dienone is 1. The Hall–Kier alpha value is -2.17. The number of nitrogens with one attached hydrogen (secondary N) is 1. The number of halogens is 1. The van der Waals surface area contributed by atoms with Crippen LogP contribution in [0.2, 0.25) is 0 Å². The topological polar surface area (TPSA) is 66.4 Å². The van der Waals surface area contributed by atoms with Gasteiger partial charge in [-0.2, -0.15) is 0 Å². The highest BCUT2D eigenvalue weighted by Crippen LogP contribution is 2.06. The van der Waals surface area contributed by atoms with Crippen LogP contribution in [0.25, 0.3) is 0 Å². The van der Waals surface area contributed by atoms with Gasteiger partial charge in [-0.15, -0.1) is 6.58 Å². The molecule has 102 valence electrons. The normalized spacial score (nSPS) is 11.6. The quantitative estimate of drug-likeness (QED) is 0.587. The highest BCUT2D eigenvalue weighted by atomic mass is 19.1. The van der Waals surface area contributed by atoms with Crippen molar-refractivity contribution in [2.45, 2.75) is 25.3 Å². The van der Waals surface area contributed by atoms with Gasteiger partial charge in [-0.1, -0.05) is 12.1 Å². The first-order valence-electron chi connectivity index (χ1n) is 5.94. The summed E-state index contributed by atoms with van der Waals surface area (Å²) in [6.45, 7) is 3.54. The molecular weight excluding hydrogens is 249 g/mol. The molecule has 0 aromatic heterocycles. The van der Waals surface area contributed by atoms with Crippen LogP contribution in [-0.2, 0) is 4.79 Å². The van der Waals surface area contributed by atoms with E-state index < -0.39 is 23.7 Å². The fraction of sp³-hybridized carbons (Fsp3) is 0.286. The SMILES string of the molecule is C=CCCC[C@H](NC(=O)c1cccc(F)c1)C(=O)O. The van der Waals surface area contributed by atoms with Crippen LogP contribution in [0.15, 0.2) is 36.9 Å². The first-order chi connectivity index (χ1) is 9.04. The molecule has 0 heterocycles. The van der Waals surface area contributed by atoms with Gasteiger partial charge in [0.05, 0.1) is 0 Å². The molecule has 2 N–H and O–H groups in total. The van der Waals surface area contributed by atoms with E-state index in [2.05, 4.69) is 11.9 Å². The molecule has 5 heteroatoms. The number of carboxylic acids is 1. The van der Waals surface area contributed by atoms with Crippen LogP contribution in [0.5, 0.6) is 0 Å². The number of hydrogen-bond acceptors (Lipinski definition) is 2. The van der Waals surface area contributed by atoms with E-state index in [1.807, 2.05) is 0 Å². The summed E-state index contributed by atoms with van der Waals surface area (Å²) < 4.78 is 13.0. The van der Waals surface area contributed by atoms with Crippen LogP contribution in [-0.4, -0.2) is 23.0 Å². The molecule has 1 aromatic carbocycles. The lowest BCUT2D eigenvalue weighted by atomic mass is 10.1. The number of unbranched alkanes of at least 4 members (excludes halogenated alkanes) is 1. The maximum atomic E-state index is 13.0. The van der Waals surface area contributed by atoms with Gasteiger partial charge in [-0.05, 0) is 37.5 Å². The summed E-state index contributed by atoms with van der Waals surface area (Å²) in [6.07, 6.45) is 3.29. The zero-order chi connectivity index (χ0) is 14.3. The molecule has 0 spiro atoms. The van der Waals surface area contributed by atoms with Gasteiger partial charge in [0.15, 0.2) is 0 Å². The molecular formula is C14H16FNO3. The van der Waals surface area contributed by atoms with Crippen molar-refractivity contribution in [3.05, 3.63) is 48.3 Å². The molecule has 0 saturated heterocycles. The van der Waals surface area contributed by atoms with E-state index in [1.54, 1.807) is 6.08 Å². The van der Waals surface area contributed by atoms with Crippen LogP contribution in [0.3, 0.4) is 0 Å². The van der Waals surface area contributed by atoms with Gasteiger partial charge < -0.3 is 10.4 Å². The van der Waals surface area contributed by atoms with E-state index in [0.717, 1.165) is 6.07 Å². The van der Waals surface area contributed by atoms with Crippen molar-refractivity contribution in [2.75, 3.05) is 0 Å². The van der Waals surface area contributed by atoms with E-state index in [9.17, 15) is 14.0 Å². The number of benzene rings is 1. The molecule has 0 aliphatic carbocycles. The van der Waals surface area contributed by atoms with Crippen LogP contribution >= 0.6 is 0 Å². The molecule has 0 aliphatic heterocycles. The van der Waals surface area contributed by atoms with Crippen molar-refractivity contribution in [3.8, 4) is 0 Å². The summed E-state index contributed by atoms with van der Waals surface area (Å²) >= 11 is 0. The number of amides is 1. The van der Waals surface area contributed by atoms with Gasteiger partial charge >= 0.3 is 5.97 Å². The third-order valence-electron chi connectivity index (χ3n) is 2.59. The molecule has 0 radical (unpaired) electrons. The lowest BCUT2D eigenvalue weighted by molar-refractivity contribution is -0.139. The molecule has 4 nitrogen and oxygen atoms in total. The van der Waals surface area contributed by atoms with E-state index >= 15 is 0 Å². The molecule has 0 aliphatic rings. The van der Waals surface area contributed by atoms with Crippen LogP contribution in [0, 0.1) is 5.82 Å². The first-order valence-corrected chi connectivity index (χ1v) is 5.94. The van der Waals surface area contributed by atoms with E-state index in [4.69, 9.17) is 5.11 Å². The predicted octanol–water partition coefficient (Wildman–Crippen LogP) is 2.37. The average molecular weight is 265 g/mol. The largest absolute Gasteiger partial charge is 0.480 e. The van der Waals surface area contributed by atoms with Crippen molar-refractivity contribution in [3.63, 3.8) is 0 Å². The highest BCUT2D eigenvalue weighted by Gasteiger charge is 2.20. The zero-order valence-electron chi connectivity index (χ0n) is 10.4. The van der Waals surface area contributed by atoms with Crippen LogP contribution < -0.4 is 5.32 Å². The minimum atomic E-state index is -1.10. The smallest absolute Gasteiger partial charge is 0.326 e. The Balaban J connectivity index is 2.65. The highest BCUT2D eigenvalue weighted by molar-refractivity contribution is 5.96. The minimum Gasteiger partial charge on any atom is -0.480 e. The molecule has 19 heavy (non-hydrogen) atoms. The van der Waals surface area contributed by atoms with Crippen molar-refractivity contribution >= 4 is 11.9 Å². The third-order valence-corrected chi connectivity index (χ3v) is 2.59. The Morgan fingerprint density at radius 1 is 1.47 bits per heavy atom. The lowest BCUT2D eigenvalue weighted by Crippen LogP contribution is -2.40. The predicted molar refractivity (Wildman–Crippen MR) is 69.3 cm³/mol. The van der Waals surface area contributed by atoms with E-state index in [0.29, 0.717) is 19.3 Å². The summed E-state index contributed by atoms with van der Waals surface area (Å²) in [6, 6.07) is 4.14. The van der Waals surface area contributed by atoms with Gasteiger partial charge in [0.1, 0.15) is 11.9 Å². The van der Waals surface area contributed by atoms with Gasteiger partial charge in [-0.3, -0.25) is 4.79 Å². The molecule has 0 saturated carbocycles. The second kappa shape index (κ2) is 7.31. The zero-order valence-corrected chi connectivity index (χ0v) is 10.4. The fourth-order valence-corrected chi connectivity index (χ4v) is 1.59. The number of carboxylic acid groups (broad SMARTS) is 1. The van der Waals surface area contributed by atoms with Gasteiger partial charge in [0, 0.05) is 5.56 Å². The standard InChI is InChI=1S/C14H16FNO3/c1-2-3-4-8-12(14(18)19)16-13(17)10-6-5-7-11(15)9-10/h2,5-7,9,12H,1,3-4,8H2,(H,16,17)(H,18,19)/t12-/m0/s1. The second-order valence-electron chi connectivity index (χ2n) is 4.09. The molecule has 1 amide bonds. The van der Waals surface area contributed by atoms with Crippen molar-refractivity contribution in [1.29, 1.82) is 0 Å². The van der Waals surface area contributed by atoms with Gasteiger partial charge in [0.2, 0.25) is 0 Å². The summed E-state index contributed by atoms with van der Waals surface area (Å²) in [7, 11) is 0. The fourth-order valence-electron chi connectivity index (χ4n) is 1.59. The number of carbonyl (C=O) groups excluding carboxylic acids is 1. The lowest BCUT2D eigenvalue weighted by Gasteiger charge is -2.14. The second-order valence-corrected chi connectivity index (χ2v) is 4.09. The first kappa shape index (κ1) is 14.9.